The van der Waals surface area contributed by atoms with E-state index in [-0.39, 0.29) is 24.2 Å². The second kappa shape index (κ2) is 9.55. The number of hydrazone groups is 1. The third-order valence-electron chi connectivity index (χ3n) is 2.51. The van der Waals surface area contributed by atoms with Crippen LogP contribution in [0.3, 0.4) is 0 Å². The standard InChI is InChI=1S/C15H13ClFN5.ClH/c16-13-5-1-11(2-6-13)9-19-21-15(18)22-20-10-12-3-7-14(17)8-4-12;/h1-10H,(H3,18,21,22);1H/b19-9+,20-10+;. The van der Waals surface area contributed by atoms with Crippen molar-refractivity contribution < 1.29 is 4.39 Å². The van der Waals surface area contributed by atoms with Crippen LogP contribution in [0, 0.1) is 5.82 Å². The third kappa shape index (κ3) is 6.90. The molecule has 120 valence electrons. The smallest absolute Gasteiger partial charge is 0.234 e. The molecule has 0 aliphatic carbocycles. The number of nitrogens with zero attached hydrogens (tertiary/aromatic N) is 3. The lowest BCUT2D eigenvalue weighted by atomic mass is 10.2. The highest BCUT2D eigenvalue weighted by Crippen LogP contribution is 2.07. The third-order valence-corrected chi connectivity index (χ3v) is 2.76. The Morgan fingerprint density at radius 3 is 2.22 bits per heavy atom. The first-order valence-electron chi connectivity index (χ1n) is 6.30. The van der Waals surface area contributed by atoms with Crippen LogP contribution >= 0.6 is 24.0 Å². The summed E-state index contributed by atoms with van der Waals surface area (Å²) in [4.78, 5) is 0. The summed E-state index contributed by atoms with van der Waals surface area (Å²) in [6.07, 6.45) is 3.03. The summed E-state index contributed by atoms with van der Waals surface area (Å²) < 4.78 is 12.7. The van der Waals surface area contributed by atoms with Gasteiger partial charge in [-0.25, -0.2) is 9.82 Å². The zero-order valence-corrected chi connectivity index (χ0v) is 13.4. The first kappa shape index (κ1) is 18.6. The second-order valence-corrected chi connectivity index (χ2v) is 4.64. The molecule has 5 nitrogen and oxygen atoms in total. The first-order valence-corrected chi connectivity index (χ1v) is 6.68. The number of halogens is 3. The van der Waals surface area contributed by atoms with Gasteiger partial charge in [-0.1, -0.05) is 35.9 Å². The van der Waals surface area contributed by atoms with E-state index in [0.29, 0.717) is 10.6 Å². The van der Waals surface area contributed by atoms with Gasteiger partial charge in [0.15, 0.2) is 0 Å². The Morgan fingerprint density at radius 2 is 1.57 bits per heavy atom. The molecule has 0 saturated carbocycles. The summed E-state index contributed by atoms with van der Waals surface area (Å²) in [7, 11) is 0. The fraction of sp³-hybridized carbons (Fsp3) is 0. The number of hydrogen-bond donors (Lipinski definition) is 2. The Bertz CT molecular complexity index is 697. The van der Waals surface area contributed by atoms with Crippen molar-refractivity contribution in [2.24, 2.45) is 21.0 Å². The van der Waals surface area contributed by atoms with Crippen molar-refractivity contribution in [1.29, 1.82) is 0 Å². The lowest BCUT2D eigenvalue weighted by Gasteiger charge is -1.96. The van der Waals surface area contributed by atoms with E-state index in [4.69, 9.17) is 17.3 Å². The number of nitrogens with two attached hydrogens (primary N) is 1. The van der Waals surface area contributed by atoms with E-state index >= 15 is 0 Å². The van der Waals surface area contributed by atoms with Crippen LogP contribution in [0.15, 0.2) is 63.8 Å². The van der Waals surface area contributed by atoms with Gasteiger partial charge >= 0.3 is 0 Å². The van der Waals surface area contributed by atoms with Gasteiger partial charge < -0.3 is 5.73 Å². The van der Waals surface area contributed by atoms with E-state index in [1.807, 2.05) is 12.1 Å². The molecule has 0 bridgehead atoms. The van der Waals surface area contributed by atoms with Gasteiger partial charge in [0.05, 0.1) is 12.4 Å². The summed E-state index contributed by atoms with van der Waals surface area (Å²) in [5, 5.41) is 12.0. The van der Waals surface area contributed by atoms with Gasteiger partial charge in [-0.15, -0.1) is 17.5 Å². The van der Waals surface area contributed by atoms with E-state index in [1.165, 1.54) is 18.3 Å². The van der Waals surface area contributed by atoms with Crippen LogP contribution < -0.4 is 11.2 Å². The SMILES string of the molecule is Cl.NC(=N/N=C/c1ccc(F)cc1)N/N=C/c1ccc(Cl)cc1. The monoisotopic (exact) mass is 353 g/mol. The minimum Gasteiger partial charge on any atom is -0.367 e. The molecule has 23 heavy (non-hydrogen) atoms. The van der Waals surface area contributed by atoms with E-state index in [9.17, 15) is 4.39 Å². The molecule has 0 atom stereocenters. The van der Waals surface area contributed by atoms with Crippen LogP contribution in [0.5, 0.6) is 0 Å². The molecule has 0 unspecified atom stereocenters. The minimum atomic E-state index is -0.307. The van der Waals surface area contributed by atoms with Crippen LogP contribution in [0.2, 0.25) is 5.02 Å². The van der Waals surface area contributed by atoms with Gasteiger partial charge in [-0.3, -0.25) is 0 Å². The lowest BCUT2D eigenvalue weighted by molar-refractivity contribution is 0.628. The molecule has 0 radical (unpaired) electrons. The van der Waals surface area contributed by atoms with Crippen molar-refractivity contribution in [2.45, 2.75) is 0 Å². The zero-order chi connectivity index (χ0) is 15.8. The van der Waals surface area contributed by atoms with Crippen molar-refractivity contribution in [3.8, 4) is 0 Å². The lowest BCUT2D eigenvalue weighted by Crippen LogP contribution is -2.26. The summed E-state index contributed by atoms with van der Waals surface area (Å²) >= 11 is 5.78. The Balaban J connectivity index is 0.00000264. The van der Waals surface area contributed by atoms with Crippen molar-refractivity contribution >= 4 is 42.4 Å². The van der Waals surface area contributed by atoms with E-state index in [0.717, 1.165) is 5.56 Å². The molecule has 0 aromatic heterocycles. The van der Waals surface area contributed by atoms with Crippen LogP contribution in [-0.2, 0) is 0 Å². The molecule has 0 aliphatic rings. The molecular formula is C15H14Cl2FN5. The highest BCUT2D eigenvalue weighted by molar-refractivity contribution is 6.30. The Labute approximate surface area is 144 Å². The van der Waals surface area contributed by atoms with E-state index in [2.05, 4.69) is 20.7 Å². The van der Waals surface area contributed by atoms with Crippen LogP contribution in [-0.4, -0.2) is 18.4 Å². The van der Waals surface area contributed by atoms with Crippen LogP contribution in [0.25, 0.3) is 0 Å². The highest BCUT2D eigenvalue weighted by Gasteiger charge is 1.91. The highest BCUT2D eigenvalue weighted by atomic mass is 35.5. The van der Waals surface area contributed by atoms with Gasteiger partial charge in [0.25, 0.3) is 0 Å². The molecule has 8 heteroatoms. The molecular weight excluding hydrogens is 340 g/mol. The molecule has 0 amide bonds. The fourth-order valence-corrected chi connectivity index (χ4v) is 1.58. The summed E-state index contributed by atoms with van der Waals surface area (Å²) in [6.45, 7) is 0. The van der Waals surface area contributed by atoms with Crippen molar-refractivity contribution in [3.63, 3.8) is 0 Å². The molecule has 2 aromatic rings. The van der Waals surface area contributed by atoms with Crippen molar-refractivity contribution in [2.75, 3.05) is 0 Å². The maximum atomic E-state index is 12.7. The Hall–Kier alpha value is -2.44. The molecule has 0 fully saturated rings. The molecule has 0 aliphatic heterocycles. The number of benzene rings is 2. The van der Waals surface area contributed by atoms with Crippen LogP contribution in [0.1, 0.15) is 11.1 Å². The second-order valence-electron chi connectivity index (χ2n) is 4.20. The maximum Gasteiger partial charge on any atom is 0.234 e. The quantitative estimate of drug-likeness (QED) is 0.503. The zero-order valence-electron chi connectivity index (χ0n) is 11.9. The van der Waals surface area contributed by atoms with Gasteiger partial charge in [-0.05, 0) is 35.4 Å². The summed E-state index contributed by atoms with van der Waals surface area (Å²) in [5.41, 5.74) is 9.68. The number of guanidine groups is 1. The molecule has 2 aromatic carbocycles. The number of rotatable bonds is 4. The van der Waals surface area contributed by atoms with Crippen LogP contribution in [0.4, 0.5) is 4.39 Å². The average molecular weight is 354 g/mol. The van der Waals surface area contributed by atoms with Crippen molar-refractivity contribution in [3.05, 3.63) is 70.5 Å². The molecule has 0 saturated heterocycles. The predicted octanol–water partition coefficient (Wildman–Crippen LogP) is 3.17. The maximum absolute atomic E-state index is 12.7. The average Bonchev–Trinajstić information content (AvgIpc) is 2.51. The molecule has 3 N–H and O–H groups in total. The van der Waals surface area contributed by atoms with Gasteiger partial charge in [0.2, 0.25) is 5.96 Å². The molecule has 2 rings (SSSR count). The minimum absolute atomic E-state index is 0. The number of nitrogens with one attached hydrogen (secondary N) is 1. The first-order chi connectivity index (χ1) is 10.6. The topological polar surface area (TPSA) is 75.1 Å². The summed E-state index contributed by atoms with van der Waals surface area (Å²) in [5.74, 6) is -0.276. The Morgan fingerprint density at radius 1 is 1.00 bits per heavy atom. The van der Waals surface area contributed by atoms with Gasteiger partial charge in [0.1, 0.15) is 5.82 Å². The largest absolute Gasteiger partial charge is 0.367 e. The van der Waals surface area contributed by atoms with E-state index in [1.54, 1.807) is 30.5 Å². The molecule has 0 spiro atoms. The summed E-state index contributed by atoms with van der Waals surface area (Å²) in [6, 6.07) is 13.0. The Kier molecular flexibility index (Phi) is 7.73. The van der Waals surface area contributed by atoms with Crippen molar-refractivity contribution in [1.82, 2.24) is 5.43 Å². The van der Waals surface area contributed by atoms with Gasteiger partial charge in [0, 0.05) is 5.02 Å². The van der Waals surface area contributed by atoms with Gasteiger partial charge in [-0.2, -0.15) is 10.2 Å². The number of hydrogen-bond acceptors (Lipinski definition) is 3. The fourth-order valence-electron chi connectivity index (χ4n) is 1.45. The molecule has 0 heterocycles. The predicted molar refractivity (Wildman–Crippen MR) is 95.0 cm³/mol. The normalized spacial score (nSPS) is 11.7. The van der Waals surface area contributed by atoms with E-state index < -0.39 is 0 Å².